The minimum Gasteiger partial charge on any atom is -0.339 e. The lowest BCUT2D eigenvalue weighted by atomic mass is 9.98. The summed E-state index contributed by atoms with van der Waals surface area (Å²) < 4.78 is 0. The number of benzene rings is 2. The Balaban J connectivity index is 1.23. The second-order valence-electron chi connectivity index (χ2n) is 9.31. The molecule has 2 aliphatic heterocycles. The molecular formula is C26H30N4O4S. The summed E-state index contributed by atoms with van der Waals surface area (Å²) in [6.45, 7) is 4.31. The number of amides is 4. The van der Waals surface area contributed by atoms with Gasteiger partial charge in [0, 0.05) is 34.1 Å². The topological polar surface area (TPSA) is 116 Å². The summed E-state index contributed by atoms with van der Waals surface area (Å²) in [5.41, 5.74) is 2.71. The molecule has 2 heterocycles. The fraction of sp³-hybridized carbons (Fsp3) is 0.385. The molecule has 4 amide bonds. The molecule has 0 spiro atoms. The van der Waals surface area contributed by atoms with Crippen molar-refractivity contribution < 1.29 is 19.2 Å². The summed E-state index contributed by atoms with van der Waals surface area (Å²) >= 11 is 1.65. The van der Waals surface area contributed by atoms with Gasteiger partial charge in [0.05, 0.1) is 18.8 Å². The summed E-state index contributed by atoms with van der Waals surface area (Å²) in [6, 6.07) is 13.9. The highest BCUT2D eigenvalue weighted by atomic mass is 32.2. The van der Waals surface area contributed by atoms with E-state index in [1.807, 2.05) is 24.3 Å². The number of carbonyl (C=O) groups excluding carboxylic acids is 4. The van der Waals surface area contributed by atoms with Crippen molar-refractivity contribution in [2.45, 2.75) is 44.0 Å². The van der Waals surface area contributed by atoms with Crippen molar-refractivity contribution in [2.75, 3.05) is 12.4 Å². The van der Waals surface area contributed by atoms with Crippen LogP contribution in [-0.2, 0) is 11.2 Å². The van der Waals surface area contributed by atoms with E-state index in [1.54, 1.807) is 36.0 Å². The summed E-state index contributed by atoms with van der Waals surface area (Å²) in [5.74, 6) is 0.701. The predicted octanol–water partition coefficient (Wildman–Crippen LogP) is 2.48. The van der Waals surface area contributed by atoms with Crippen LogP contribution in [0.4, 0.5) is 4.79 Å². The van der Waals surface area contributed by atoms with Crippen molar-refractivity contribution in [3.63, 3.8) is 0 Å². The molecule has 2 fully saturated rings. The van der Waals surface area contributed by atoms with E-state index in [0.717, 1.165) is 12.2 Å². The Bertz CT molecular complexity index is 1100. The van der Waals surface area contributed by atoms with Gasteiger partial charge < -0.3 is 21.3 Å². The van der Waals surface area contributed by atoms with Gasteiger partial charge >= 0.3 is 6.03 Å². The molecule has 9 heteroatoms. The highest BCUT2D eigenvalue weighted by Gasteiger charge is 2.43. The SMILES string of the molecule is CC(C)Cc1ccc(C(=O)c2ccc(C(=O)NCNC(=O)CC3SC[C@@H]4NC(=O)N[C@H]34)cc2)cc1. The third kappa shape index (κ3) is 6.22. The number of ketones is 1. The average Bonchev–Trinajstić information content (AvgIpc) is 3.38. The zero-order valence-electron chi connectivity index (χ0n) is 19.8. The Morgan fingerprint density at radius 2 is 1.57 bits per heavy atom. The lowest BCUT2D eigenvalue weighted by Gasteiger charge is -2.16. The molecule has 8 nitrogen and oxygen atoms in total. The molecule has 0 saturated carbocycles. The summed E-state index contributed by atoms with van der Waals surface area (Å²) in [4.78, 5) is 48.9. The third-order valence-electron chi connectivity index (χ3n) is 6.13. The molecule has 2 aromatic rings. The third-order valence-corrected chi connectivity index (χ3v) is 7.57. The maximum Gasteiger partial charge on any atom is 0.315 e. The Morgan fingerprint density at radius 3 is 2.23 bits per heavy atom. The van der Waals surface area contributed by atoms with Crippen LogP contribution in [0.5, 0.6) is 0 Å². The van der Waals surface area contributed by atoms with Crippen LogP contribution in [0.25, 0.3) is 0 Å². The molecule has 2 saturated heterocycles. The van der Waals surface area contributed by atoms with Gasteiger partial charge in [-0.2, -0.15) is 11.8 Å². The van der Waals surface area contributed by atoms with Crippen LogP contribution in [0.2, 0.25) is 0 Å². The lowest BCUT2D eigenvalue weighted by molar-refractivity contribution is -0.121. The number of fused-ring (bicyclic) bond motifs is 1. The van der Waals surface area contributed by atoms with E-state index in [1.165, 1.54) is 5.56 Å². The number of carbonyl (C=O) groups is 4. The zero-order chi connectivity index (χ0) is 24.9. The average molecular weight is 495 g/mol. The molecule has 0 aromatic heterocycles. The normalized spacial score (nSPS) is 20.7. The van der Waals surface area contributed by atoms with Crippen molar-refractivity contribution in [1.82, 2.24) is 21.3 Å². The minimum atomic E-state index is -0.343. The molecule has 1 unspecified atom stereocenters. The number of thioether (sulfide) groups is 1. The van der Waals surface area contributed by atoms with Crippen molar-refractivity contribution in [3.05, 3.63) is 70.8 Å². The molecule has 4 N–H and O–H groups in total. The molecule has 2 aromatic carbocycles. The van der Waals surface area contributed by atoms with Crippen molar-refractivity contribution in [1.29, 1.82) is 0 Å². The van der Waals surface area contributed by atoms with Crippen LogP contribution < -0.4 is 21.3 Å². The van der Waals surface area contributed by atoms with Gasteiger partial charge in [-0.1, -0.05) is 50.2 Å². The van der Waals surface area contributed by atoms with Crippen LogP contribution in [0.3, 0.4) is 0 Å². The molecule has 184 valence electrons. The molecule has 0 radical (unpaired) electrons. The van der Waals surface area contributed by atoms with Gasteiger partial charge in [0.1, 0.15) is 0 Å². The first-order valence-corrected chi connectivity index (χ1v) is 12.8. The Labute approximate surface area is 209 Å². The smallest absolute Gasteiger partial charge is 0.315 e. The molecule has 4 rings (SSSR count). The monoisotopic (exact) mass is 494 g/mol. The zero-order valence-corrected chi connectivity index (χ0v) is 20.6. The number of urea groups is 1. The lowest BCUT2D eigenvalue weighted by Crippen LogP contribution is -2.42. The number of nitrogens with one attached hydrogen (secondary N) is 4. The maximum absolute atomic E-state index is 12.8. The van der Waals surface area contributed by atoms with Crippen LogP contribution in [0.15, 0.2) is 48.5 Å². The number of hydrogen-bond acceptors (Lipinski definition) is 5. The quantitative estimate of drug-likeness (QED) is 0.243. The predicted molar refractivity (Wildman–Crippen MR) is 135 cm³/mol. The minimum absolute atomic E-state index is 0.00281. The molecule has 0 aliphatic carbocycles. The van der Waals surface area contributed by atoms with Gasteiger partial charge in [0.15, 0.2) is 5.78 Å². The van der Waals surface area contributed by atoms with E-state index >= 15 is 0 Å². The Morgan fingerprint density at radius 1 is 0.943 bits per heavy atom. The van der Waals surface area contributed by atoms with Crippen LogP contribution in [0, 0.1) is 5.92 Å². The number of hydrogen-bond donors (Lipinski definition) is 4. The second kappa shape index (κ2) is 10.9. The van der Waals surface area contributed by atoms with E-state index in [2.05, 4.69) is 35.1 Å². The molecule has 35 heavy (non-hydrogen) atoms. The van der Waals surface area contributed by atoms with Crippen molar-refractivity contribution in [2.24, 2.45) is 5.92 Å². The fourth-order valence-electron chi connectivity index (χ4n) is 4.35. The first-order valence-electron chi connectivity index (χ1n) is 11.8. The molecule has 2 aliphatic rings. The van der Waals surface area contributed by atoms with Crippen LogP contribution in [-0.4, -0.2) is 53.4 Å². The first kappa shape index (κ1) is 24.8. The number of rotatable bonds is 9. The van der Waals surface area contributed by atoms with E-state index < -0.39 is 0 Å². The van der Waals surface area contributed by atoms with E-state index in [-0.39, 0.29) is 54.1 Å². The maximum atomic E-state index is 12.8. The summed E-state index contributed by atoms with van der Waals surface area (Å²) in [6.07, 6.45) is 1.23. The van der Waals surface area contributed by atoms with Gasteiger partial charge in [-0.15, -0.1) is 0 Å². The highest BCUT2D eigenvalue weighted by molar-refractivity contribution is 8.00. The highest BCUT2D eigenvalue weighted by Crippen LogP contribution is 2.31. The first-order chi connectivity index (χ1) is 16.8. The fourth-order valence-corrected chi connectivity index (χ4v) is 5.83. The van der Waals surface area contributed by atoms with E-state index in [0.29, 0.717) is 22.6 Å². The van der Waals surface area contributed by atoms with Gasteiger partial charge in [-0.3, -0.25) is 14.4 Å². The van der Waals surface area contributed by atoms with Gasteiger partial charge in [0.2, 0.25) is 5.91 Å². The molecule has 3 atom stereocenters. The van der Waals surface area contributed by atoms with Crippen LogP contribution in [0.1, 0.15) is 52.1 Å². The van der Waals surface area contributed by atoms with E-state index in [9.17, 15) is 19.2 Å². The second-order valence-corrected chi connectivity index (χ2v) is 10.6. The largest absolute Gasteiger partial charge is 0.339 e. The molecule has 0 bridgehead atoms. The van der Waals surface area contributed by atoms with Crippen LogP contribution >= 0.6 is 11.8 Å². The summed E-state index contributed by atoms with van der Waals surface area (Å²) in [7, 11) is 0. The Kier molecular flexibility index (Phi) is 7.75. The van der Waals surface area contributed by atoms with Gasteiger partial charge in [0.25, 0.3) is 5.91 Å². The molecular weight excluding hydrogens is 464 g/mol. The van der Waals surface area contributed by atoms with E-state index in [4.69, 9.17) is 0 Å². The Hall–Kier alpha value is -3.33. The van der Waals surface area contributed by atoms with Gasteiger partial charge in [-0.05, 0) is 30.0 Å². The summed E-state index contributed by atoms with van der Waals surface area (Å²) in [5, 5.41) is 11.1. The van der Waals surface area contributed by atoms with Crippen molar-refractivity contribution in [3.8, 4) is 0 Å². The van der Waals surface area contributed by atoms with Crippen molar-refractivity contribution >= 4 is 35.4 Å². The standard InChI is InChI=1S/C26H30N4O4S/c1-15(2)11-16-3-5-17(6-4-16)24(32)18-7-9-19(10-8-18)25(33)28-14-27-22(31)12-21-23-20(13-35-21)29-26(34)30-23/h3-10,15,20-21,23H,11-14H2,1-2H3,(H,27,31)(H,28,33)(H2,29,30,34)/t20-,21?,23-/m0/s1. The van der Waals surface area contributed by atoms with Gasteiger partial charge in [-0.25, -0.2) is 4.79 Å².